The van der Waals surface area contributed by atoms with E-state index in [9.17, 15) is 9.59 Å². The molecule has 0 atom stereocenters. The van der Waals surface area contributed by atoms with Gasteiger partial charge in [-0.25, -0.2) is 0 Å². The third-order valence-corrected chi connectivity index (χ3v) is 5.09. The van der Waals surface area contributed by atoms with E-state index in [0.29, 0.717) is 32.8 Å². The molecule has 1 N–H and O–H groups in total. The number of hydrogen-bond acceptors (Lipinski definition) is 4. The second kappa shape index (κ2) is 5.62. The molecule has 3 heterocycles. The smallest absolute Gasteiger partial charge is 0.254 e. The van der Waals surface area contributed by atoms with E-state index in [-0.39, 0.29) is 24.0 Å². The summed E-state index contributed by atoms with van der Waals surface area (Å²) in [6.07, 6.45) is 1.51. The zero-order chi connectivity index (χ0) is 15.9. The fourth-order valence-corrected chi connectivity index (χ4v) is 3.59. The number of rotatable bonds is 1. The molecular weight excluding hydrogens is 296 g/mol. The van der Waals surface area contributed by atoms with Crippen LogP contribution < -0.4 is 5.32 Å². The Labute approximate surface area is 134 Å². The van der Waals surface area contributed by atoms with Crippen LogP contribution >= 0.6 is 0 Å². The highest BCUT2D eigenvalue weighted by Crippen LogP contribution is 2.30. The van der Waals surface area contributed by atoms with Crippen LogP contribution in [0, 0.1) is 0 Å². The van der Waals surface area contributed by atoms with E-state index >= 15 is 0 Å². The summed E-state index contributed by atoms with van der Waals surface area (Å²) in [5, 5.41) is 2.87. The van der Waals surface area contributed by atoms with E-state index in [1.54, 1.807) is 0 Å². The minimum absolute atomic E-state index is 0.0611. The summed E-state index contributed by atoms with van der Waals surface area (Å²) in [6.45, 7) is 3.08. The van der Waals surface area contributed by atoms with Crippen molar-refractivity contribution in [1.82, 2.24) is 10.2 Å². The predicted molar refractivity (Wildman–Crippen MR) is 81.8 cm³/mol. The summed E-state index contributed by atoms with van der Waals surface area (Å²) in [5.41, 5.74) is 2.60. The van der Waals surface area contributed by atoms with Crippen molar-refractivity contribution in [3.05, 3.63) is 34.9 Å². The second-order valence-corrected chi connectivity index (χ2v) is 6.48. The molecule has 6 heteroatoms. The van der Waals surface area contributed by atoms with Crippen LogP contribution in [0.2, 0.25) is 0 Å². The molecule has 2 saturated heterocycles. The maximum atomic E-state index is 12.8. The Morgan fingerprint density at radius 1 is 1.17 bits per heavy atom. The van der Waals surface area contributed by atoms with Crippen LogP contribution in [-0.4, -0.2) is 48.6 Å². The standard InChI is InChI=1S/C17H20N2O4/c20-15-10-23-17(11-18-15)4-6-19(7-5-17)16(21)13-3-1-2-12-8-22-9-14(12)13/h1-3H,4-11H2,(H,18,20). The molecule has 0 aromatic heterocycles. The van der Waals surface area contributed by atoms with Crippen molar-refractivity contribution in [2.75, 3.05) is 26.2 Å². The number of carbonyl (C=O) groups is 2. The van der Waals surface area contributed by atoms with Crippen molar-refractivity contribution >= 4 is 11.8 Å². The van der Waals surface area contributed by atoms with Gasteiger partial charge < -0.3 is 19.7 Å². The third-order valence-electron chi connectivity index (χ3n) is 5.09. The molecule has 0 aliphatic carbocycles. The van der Waals surface area contributed by atoms with Gasteiger partial charge in [-0.15, -0.1) is 0 Å². The zero-order valence-corrected chi connectivity index (χ0v) is 13.0. The van der Waals surface area contributed by atoms with Crippen LogP contribution in [0.25, 0.3) is 0 Å². The number of benzene rings is 1. The minimum Gasteiger partial charge on any atom is -0.372 e. The lowest BCUT2D eigenvalue weighted by atomic mass is 9.89. The molecule has 2 fully saturated rings. The highest BCUT2D eigenvalue weighted by Gasteiger charge is 2.40. The highest BCUT2D eigenvalue weighted by atomic mass is 16.5. The topological polar surface area (TPSA) is 67.9 Å². The molecule has 2 amide bonds. The molecule has 1 aromatic rings. The van der Waals surface area contributed by atoms with Gasteiger partial charge >= 0.3 is 0 Å². The van der Waals surface area contributed by atoms with Gasteiger partial charge in [0.2, 0.25) is 5.91 Å². The van der Waals surface area contributed by atoms with E-state index < -0.39 is 0 Å². The van der Waals surface area contributed by atoms with Crippen LogP contribution in [0.5, 0.6) is 0 Å². The number of fused-ring (bicyclic) bond motifs is 1. The molecular formula is C17H20N2O4. The first-order chi connectivity index (χ1) is 11.2. The van der Waals surface area contributed by atoms with E-state index in [4.69, 9.17) is 9.47 Å². The molecule has 3 aliphatic heterocycles. The van der Waals surface area contributed by atoms with Gasteiger partial charge in [-0.3, -0.25) is 9.59 Å². The van der Waals surface area contributed by atoms with E-state index in [2.05, 4.69) is 5.32 Å². The molecule has 3 aliphatic rings. The van der Waals surface area contributed by atoms with Gasteiger partial charge in [0.1, 0.15) is 6.61 Å². The number of carbonyl (C=O) groups excluding carboxylic acids is 2. The number of ether oxygens (including phenoxy) is 2. The average molecular weight is 316 g/mol. The normalized spacial score (nSPS) is 22.8. The van der Waals surface area contributed by atoms with Crippen molar-refractivity contribution in [3.8, 4) is 0 Å². The van der Waals surface area contributed by atoms with Crippen LogP contribution in [-0.2, 0) is 27.5 Å². The lowest BCUT2D eigenvalue weighted by molar-refractivity contribution is -0.149. The van der Waals surface area contributed by atoms with Crippen LogP contribution in [0.1, 0.15) is 34.3 Å². The fraction of sp³-hybridized carbons (Fsp3) is 0.529. The van der Waals surface area contributed by atoms with Gasteiger partial charge in [-0.1, -0.05) is 12.1 Å². The number of amides is 2. The lowest BCUT2D eigenvalue weighted by Gasteiger charge is -2.43. The number of hydrogen-bond donors (Lipinski definition) is 1. The SMILES string of the molecule is O=C1COC2(CCN(C(=O)c3cccc4c3COC4)CC2)CN1. The Morgan fingerprint density at radius 2 is 2.00 bits per heavy atom. The Hall–Kier alpha value is -1.92. The van der Waals surface area contributed by atoms with Gasteiger partial charge in [0.25, 0.3) is 5.91 Å². The predicted octanol–water partition coefficient (Wildman–Crippen LogP) is 0.838. The average Bonchev–Trinajstić information content (AvgIpc) is 3.06. The number of likely N-dealkylation sites (tertiary alicyclic amines) is 1. The Bertz CT molecular complexity index is 638. The molecule has 1 aromatic carbocycles. The maximum absolute atomic E-state index is 12.8. The molecule has 0 radical (unpaired) electrons. The largest absolute Gasteiger partial charge is 0.372 e. The molecule has 122 valence electrons. The van der Waals surface area contributed by atoms with Gasteiger partial charge in [-0.2, -0.15) is 0 Å². The maximum Gasteiger partial charge on any atom is 0.254 e. The summed E-state index contributed by atoms with van der Waals surface area (Å²) in [4.78, 5) is 26.0. The van der Waals surface area contributed by atoms with Crippen molar-refractivity contribution in [2.45, 2.75) is 31.7 Å². The number of nitrogens with one attached hydrogen (secondary N) is 1. The second-order valence-electron chi connectivity index (χ2n) is 6.48. The highest BCUT2D eigenvalue weighted by molar-refractivity contribution is 5.96. The summed E-state index contributed by atoms with van der Waals surface area (Å²) < 4.78 is 11.2. The van der Waals surface area contributed by atoms with Crippen LogP contribution in [0.3, 0.4) is 0 Å². The van der Waals surface area contributed by atoms with Crippen molar-refractivity contribution < 1.29 is 19.1 Å². The summed E-state index contributed by atoms with van der Waals surface area (Å²) in [5.74, 6) is 0.0102. The lowest BCUT2D eigenvalue weighted by Crippen LogP contribution is -2.58. The van der Waals surface area contributed by atoms with Crippen molar-refractivity contribution in [2.24, 2.45) is 0 Å². The molecule has 0 bridgehead atoms. The molecule has 6 nitrogen and oxygen atoms in total. The van der Waals surface area contributed by atoms with Crippen molar-refractivity contribution in [1.29, 1.82) is 0 Å². The summed E-state index contributed by atoms with van der Waals surface area (Å²) in [6, 6.07) is 5.83. The van der Waals surface area contributed by atoms with Gasteiger partial charge in [-0.05, 0) is 30.0 Å². The number of morpholine rings is 1. The zero-order valence-electron chi connectivity index (χ0n) is 13.0. The van der Waals surface area contributed by atoms with Gasteiger partial charge in [0, 0.05) is 25.2 Å². The molecule has 1 spiro atoms. The first-order valence-corrected chi connectivity index (χ1v) is 8.05. The molecule has 0 saturated carbocycles. The Balaban J connectivity index is 1.46. The van der Waals surface area contributed by atoms with Crippen LogP contribution in [0.4, 0.5) is 0 Å². The molecule has 23 heavy (non-hydrogen) atoms. The Morgan fingerprint density at radius 3 is 2.74 bits per heavy atom. The summed E-state index contributed by atoms with van der Waals surface area (Å²) in [7, 11) is 0. The number of nitrogens with zero attached hydrogens (tertiary/aromatic N) is 1. The monoisotopic (exact) mass is 316 g/mol. The van der Waals surface area contributed by atoms with Gasteiger partial charge in [0.05, 0.1) is 18.8 Å². The van der Waals surface area contributed by atoms with E-state index in [1.165, 1.54) is 0 Å². The molecule has 0 unspecified atom stereocenters. The minimum atomic E-state index is -0.299. The quantitative estimate of drug-likeness (QED) is 0.833. The summed E-state index contributed by atoms with van der Waals surface area (Å²) >= 11 is 0. The molecule has 4 rings (SSSR count). The van der Waals surface area contributed by atoms with E-state index in [1.807, 2.05) is 23.1 Å². The van der Waals surface area contributed by atoms with E-state index in [0.717, 1.165) is 29.5 Å². The van der Waals surface area contributed by atoms with Crippen LogP contribution in [0.15, 0.2) is 18.2 Å². The Kier molecular flexibility index (Phi) is 3.58. The first kappa shape index (κ1) is 14.7. The first-order valence-electron chi connectivity index (χ1n) is 8.05. The third kappa shape index (κ3) is 2.62. The fourth-order valence-electron chi connectivity index (χ4n) is 3.59. The number of piperidine rings is 1. The van der Waals surface area contributed by atoms with Gasteiger partial charge in [0.15, 0.2) is 0 Å². The van der Waals surface area contributed by atoms with Crippen molar-refractivity contribution in [3.63, 3.8) is 0 Å².